The fraction of sp³-hybridized carbons (Fsp3) is 0.150. The van der Waals surface area contributed by atoms with Crippen molar-refractivity contribution < 1.29 is 14.3 Å². The van der Waals surface area contributed by atoms with E-state index in [9.17, 15) is 4.79 Å². The molecule has 0 bridgehead atoms. The van der Waals surface area contributed by atoms with E-state index in [0.29, 0.717) is 36.0 Å². The second-order valence-electron chi connectivity index (χ2n) is 5.73. The lowest BCUT2D eigenvalue weighted by Crippen LogP contribution is -2.16. The third-order valence-corrected chi connectivity index (χ3v) is 5.78. The maximum atomic E-state index is 12.8. The van der Waals surface area contributed by atoms with E-state index in [0.717, 1.165) is 10.6 Å². The first-order valence-corrected chi connectivity index (χ1v) is 10.2. The standard InChI is InChI=1S/C20H17NO3S2/c22-20(21-15-5-6-17-18(11-15)24-9-8-23-17)16-3-1-2-4-19(16)26-13-14-7-10-25-12-14/h1-7,10-12H,8-9,13H2,(H,21,22). The number of benzene rings is 2. The quantitative estimate of drug-likeness (QED) is 0.625. The van der Waals surface area contributed by atoms with Crippen molar-refractivity contribution >= 4 is 34.7 Å². The maximum Gasteiger partial charge on any atom is 0.256 e. The van der Waals surface area contributed by atoms with Crippen molar-refractivity contribution in [2.24, 2.45) is 0 Å². The third kappa shape index (κ3) is 3.86. The summed E-state index contributed by atoms with van der Waals surface area (Å²) in [6.07, 6.45) is 0. The molecule has 1 aromatic heterocycles. The van der Waals surface area contributed by atoms with E-state index >= 15 is 0 Å². The van der Waals surface area contributed by atoms with Gasteiger partial charge in [0.25, 0.3) is 5.91 Å². The average molecular weight is 383 g/mol. The number of carbonyl (C=O) groups excluding carboxylic acids is 1. The molecule has 6 heteroatoms. The molecule has 1 aliphatic heterocycles. The normalized spacial score (nSPS) is 12.6. The van der Waals surface area contributed by atoms with Gasteiger partial charge in [0.15, 0.2) is 11.5 Å². The van der Waals surface area contributed by atoms with Gasteiger partial charge in [-0.15, -0.1) is 11.8 Å². The zero-order valence-electron chi connectivity index (χ0n) is 13.9. The molecule has 2 heterocycles. The van der Waals surface area contributed by atoms with Gasteiger partial charge in [0, 0.05) is 22.4 Å². The van der Waals surface area contributed by atoms with Gasteiger partial charge in [-0.25, -0.2) is 0 Å². The summed E-state index contributed by atoms with van der Waals surface area (Å²) in [5.74, 6) is 2.09. The van der Waals surface area contributed by atoms with E-state index in [4.69, 9.17) is 9.47 Å². The van der Waals surface area contributed by atoms with Crippen LogP contribution in [0.3, 0.4) is 0 Å². The SMILES string of the molecule is O=C(Nc1ccc2c(c1)OCCO2)c1ccccc1SCc1ccsc1. The molecule has 26 heavy (non-hydrogen) atoms. The molecule has 0 radical (unpaired) electrons. The number of carbonyl (C=O) groups is 1. The van der Waals surface area contributed by atoms with Gasteiger partial charge >= 0.3 is 0 Å². The van der Waals surface area contributed by atoms with Gasteiger partial charge in [-0.1, -0.05) is 12.1 Å². The van der Waals surface area contributed by atoms with Crippen LogP contribution in [0.1, 0.15) is 15.9 Å². The predicted molar refractivity (Wildman–Crippen MR) is 106 cm³/mol. The van der Waals surface area contributed by atoms with Crippen LogP contribution in [-0.4, -0.2) is 19.1 Å². The predicted octanol–water partition coefficient (Wildman–Crippen LogP) is 5.06. The number of rotatable bonds is 5. The Balaban J connectivity index is 1.49. The maximum absolute atomic E-state index is 12.8. The van der Waals surface area contributed by atoms with Crippen molar-refractivity contribution in [2.75, 3.05) is 18.5 Å². The number of hydrogen-bond acceptors (Lipinski definition) is 5. The minimum Gasteiger partial charge on any atom is -0.486 e. The number of anilines is 1. The fourth-order valence-corrected chi connectivity index (χ4v) is 4.40. The Kier molecular flexibility index (Phi) is 5.13. The Hall–Kier alpha value is -2.44. The van der Waals surface area contributed by atoms with Gasteiger partial charge in [0.1, 0.15) is 13.2 Å². The highest BCUT2D eigenvalue weighted by molar-refractivity contribution is 7.98. The second kappa shape index (κ2) is 7.85. The Morgan fingerprint density at radius 2 is 1.92 bits per heavy atom. The molecule has 1 aliphatic rings. The lowest BCUT2D eigenvalue weighted by molar-refractivity contribution is 0.102. The molecule has 0 unspecified atom stereocenters. The molecule has 0 fully saturated rings. The zero-order valence-corrected chi connectivity index (χ0v) is 15.6. The van der Waals surface area contributed by atoms with E-state index in [1.54, 1.807) is 29.2 Å². The summed E-state index contributed by atoms with van der Waals surface area (Å²) in [4.78, 5) is 13.7. The van der Waals surface area contributed by atoms with Crippen LogP contribution in [0, 0.1) is 0 Å². The van der Waals surface area contributed by atoms with Gasteiger partial charge in [0.05, 0.1) is 5.56 Å². The fourth-order valence-electron chi connectivity index (χ4n) is 2.64. The molecule has 2 aromatic carbocycles. The minimum atomic E-state index is -0.130. The topological polar surface area (TPSA) is 47.6 Å². The Labute approximate surface area is 160 Å². The third-order valence-electron chi connectivity index (χ3n) is 3.91. The summed E-state index contributed by atoms with van der Waals surface area (Å²) in [6.45, 7) is 1.07. The first-order valence-electron chi connectivity index (χ1n) is 8.23. The number of thiophene rings is 1. The largest absolute Gasteiger partial charge is 0.486 e. The van der Waals surface area contributed by atoms with E-state index in [1.807, 2.05) is 36.4 Å². The Morgan fingerprint density at radius 3 is 2.77 bits per heavy atom. The van der Waals surface area contributed by atoms with Gasteiger partial charge in [0.2, 0.25) is 0 Å². The molecular formula is C20H17NO3S2. The molecule has 4 nitrogen and oxygen atoms in total. The van der Waals surface area contributed by atoms with Gasteiger partial charge in [-0.05, 0) is 46.7 Å². The lowest BCUT2D eigenvalue weighted by Gasteiger charge is -2.19. The highest BCUT2D eigenvalue weighted by Gasteiger charge is 2.15. The average Bonchev–Trinajstić information content (AvgIpc) is 3.20. The van der Waals surface area contributed by atoms with Crippen LogP contribution in [0.5, 0.6) is 11.5 Å². The number of thioether (sulfide) groups is 1. The van der Waals surface area contributed by atoms with Crippen LogP contribution in [0.15, 0.2) is 64.2 Å². The van der Waals surface area contributed by atoms with Crippen molar-refractivity contribution in [1.29, 1.82) is 0 Å². The summed E-state index contributed by atoms with van der Waals surface area (Å²) in [5, 5.41) is 7.15. The summed E-state index contributed by atoms with van der Waals surface area (Å²) in [7, 11) is 0. The molecule has 4 rings (SSSR count). The lowest BCUT2D eigenvalue weighted by atomic mass is 10.2. The van der Waals surface area contributed by atoms with Crippen LogP contribution in [0.4, 0.5) is 5.69 Å². The molecule has 0 saturated carbocycles. The van der Waals surface area contributed by atoms with E-state index in [2.05, 4.69) is 22.1 Å². The molecule has 0 saturated heterocycles. The summed E-state index contributed by atoms with van der Waals surface area (Å²) >= 11 is 3.35. The van der Waals surface area contributed by atoms with Gasteiger partial charge < -0.3 is 14.8 Å². The van der Waals surface area contributed by atoms with Gasteiger partial charge in [-0.2, -0.15) is 11.3 Å². The van der Waals surface area contributed by atoms with Gasteiger partial charge in [-0.3, -0.25) is 4.79 Å². The van der Waals surface area contributed by atoms with Crippen molar-refractivity contribution in [3.05, 3.63) is 70.4 Å². The van der Waals surface area contributed by atoms with Crippen LogP contribution in [-0.2, 0) is 5.75 Å². The number of amides is 1. The molecule has 132 valence electrons. The monoisotopic (exact) mass is 383 g/mol. The van der Waals surface area contributed by atoms with Crippen molar-refractivity contribution in [3.8, 4) is 11.5 Å². The van der Waals surface area contributed by atoms with Crippen LogP contribution >= 0.6 is 23.1 Å². The number of fused-ring (bicyclic) bond motifs is 1. The van der Waals surface area contributed by atoms with E-state index in [-0.39, 0.29) is 5.91 Å². The molecule has 1 N–H and O–H groups in total. The highest BCUT2D eigenvalue weighted by Crippen LogP contribution is 2.33. The molecule has 1 amide bonds. The van der Waals surface area contributed by atoms with Crippen molar-refractivity contribution in [2.45, 2.75) is 10.6 Å². The van der Waals surface area contributed by atoms with Crippen LogP contribution in [0.25, 0.3) is 0 Å². The highest BCUT2D eigenvalue weighted by atomic mass is 32.2. The molecule has 0 aliphatic carbocycles. The molecule has 0 atom stereocenters. The minimum absolute atomic E-state index is 0.130. The first-order chi connectivity index (χ1) is 12.8. The summed E-state index contributed by atoms with van der Waals surface area (Å²) in [6, 6.07) is 15.2. The summed E-state index contributed by atoms with van der Waals surface area (Å²) in [5.41, 5.74) is 2.63. The van der Waals surface area contributed by atoms with E-state index < -0.39 is 0 Å². The Bertz CT molecular complexity index is 909. The number of ether oxygens (including phenoxy) is 2. The molecule has 3 aromatic rings. The summed E-state index contributed by atoms with van der Waals surface area (Å²) < 4.78 is 11.1. The van der Waals surface area contributed by atoms with Crippen LogP contribution < -0.4 is 14.8 Å². The Morgan fingerprint density at radius 1 is 1.08 bits per heavy atom. The first kappa shape index (κ1) is 17.0. The zero-order chi connectivity index (χ0) is 17.8. The molecule has 0 spiro atoms. The number of hydrogen-bond donors (Lipinski definition) is 1. The molecular weight excluding hydrogens is 366 g/mol. The smallest absolute Gasteiger partial charge is 0.256 e. The second-order valence-corrected chi connectivity index (χ2v) is 7.53. The number of nitrogens with one attached hydrogen (secondary N) is 1. The van der Waals surface area contributed by atoms with E-state index in [1.165, 1.54) is 5.56 Å². The van der Waals surface area contributed by atoms with Crippen molar-refractivity contribution in [3.63, 3.8) is 0 Å². The van der Waals surface area contributed by atoms with Crippen molar-refractivity contribution in [1.82, 2.24) is 0 Å². The van der Waals surface area contributed by atoms with Crippen LogP contribution in [0.2, 0.25) is 0 Å².